The molecule has 12 aromatic rings. The molecule has 4 aliphatic rings. The molecule has 1 N–H and O–H groups in total. The first-order valence-electron chi connectivity index (χ1n) is 34.7. The number of para-hydroxylation sites is 2. The number of alkyl halides is 3. The van der Waals surface area contributed by atoms with Crippen molar-refractivity contribution in [2.75, 3.05) is 12.4 Å². The molecule has 554 valence electrons. The van der Waals surface area contributed by atoms with Crippen molar-refractivity contribution in [1.82, 2.24) is 9.55 Å². The quantitative estimate of drug-likeness (QED) is 0.0388. The molecule has 4 aliphatic carbocycles. The second-order valence-electron chi connectivity index (χ2n) is 25.8. The zero-order valence-corrected chi connectivity index (χ0v) is 63.4. The number of rotatable bonds is 17. The lowest BCUT2D eigenvalue weighted by molar-refractivity contribution is -0.598. The van der Waals surface area contributed by atoms with Crippen molar-refractivity contribution in [2.45, 2.75) is 93.2 Å². The SMILES string of the molecule is CC(O)(C(=O)[O-])C(F)(F)F.O=C(OCCS(=O)(=O)[O-])C12CC3CC(CC(C3)C1)C2.O=C(OCc1ccccc1)n1c(-c2ccccc2)nc2ccccc21.O=C([O-])c1ccccc1[I+]c1ccccc1.c1ccc([S+](c2ccccc2)c2ccccc2)cc1.c1ccc([S+](c2ccccc2)c2ccccc2)cc1. The Morgan fingerprint density at radius 1 is 0.519 bits per heavy atom. The number of aliphatic hydroxyl groups is 1. The summed E-state index contributed by atoms with van der Waals surface area (Å²) >= 11 is -0.447. The van der Waals surface area contributed by atoms with Gasteiger partial charge in [-0.3, -0.25) is 4.79 Å². The fourth-order valence-corrected chi connectivity index (χ4v) is 20.1. The molecule has 0 spiro atoms. The summed E-state index contributed by atoms with van der Waals surface area (Å²) in [6.45, 7) is 0.0369. The Morgan fingerprint density at radius 3 is 1.26 bits per heavy atom. The lowest BCUT2D eigenvalue weighted by Crippen LogP contribution is -3.61. The Morgan fingerprint density at radius 2 is 0.880 bits per heavy atom. The number of ether oxygens (including phenoxy) is 2. The summed E-state index contributed by atoms with van der Waals surface area (Å²) < 4.78 is 80.0. The number of aromatic carboxylic acids is 1. The number of hydrogen-bond donors (Lipinski definition) is 1. The third kappa shape index (κ3) is 22.5. The van der Waals surface area contributed by atoms with Crippen LogP contribution in [0.25, 0.3) is 22.4 Å². The first-order chi connectivity index (χ1) is 52.1. The maximum atomic E-state index is 12.8. The molecule has 11 aromatic carbocycles. The highest BCUT2D eigenvalue weighted by molar-refractivity contribution is 7.97. The molecule has 1 aromatic heterocycles. The van der Waals surface area contributed by atoms with Gasteiger partial charge < -0.3 is 38.9 Å². The van der Waals surface area contributed by atoms with E-state index in [1.807, 2.05) is 127 Å². The van der Waals surface area contributed by atoms with Crippen LogP contribution in [0.3, 0.4) is 0 Å². The third-order valence-electron chi connectivity index (χ3n) is 17.9. The minimum atomic E-state index is -5.19. The van der Waals surface area contributed by atoms with Crippen molar-refractivity contribution in [2.24, 2.45) is 23.2 Å². The maximum Gasteiger partial charge on any atom is 0.422 e. The summed E-state index contributed by atoms with van der Waals surface area (Å²) in [6.07, 6.45) is 0.763. The molecule has 4 fully saturated rings. The maximum absolute atomic E-state index is 12.8. The first kappa shape index (κ1) is 80.4. The van der Waals surface area contributed by atoms with Gasteiger partial charge in [-0.25, -0.2) is 22.8 Å². The number of aromatic nitrogens is 2. The van der Waals surface area contributed by atoms with Gasteiger partial charge in [0.1, 0.15) is 13.2 Å². The van der Waals surface area contributed by atoms with Crippen molar-refractivity contribution >= 4 is 66.9 Å². The number of carboxylic acid groups (broad SMARTS) is 2. The summed E-state index contributed by atoms with van der Waals surface area (Å²) in [6, 6.07) is 108. The van der Waals surface area contributed by atoms with Gasteiger partial charge in [0.25, 0.3) is 0 Å². The van der Waals surface area contributed by atoms with E-state index in [1.165, 1.54) is 56.8 Å². The number of benzene rings is 11. The molecule has 0 aliphatic heterocycles. The Labute approximate surface area is 643 Å². The second-order valence-corrected chi connectivity index (χ2v) is 34.3. The Balaban J connectivity index is 0.000000141. The predicted octanol–water partition coefficient (Wildman–Crippen LogP) is 13.0. The van der Waals surface area contributed by atoms with Gasteiger partial charge in [0.2, 0.25) is 3.57 Å². The molecule has 21 heteroatoms. The highest BCUT2D eigenvalue weighted by atomic mass is 127. The summed E-state index contributed by atoms with van der Waals surface area (Å²) in [7, 11) is -4.33. The Hall–Kier alpha value is -10.1. The van der Waals surface area contributed by atoms with Crippen molar-refractivity contribution in [1.29, 1.82) is 0 Å². The molecule has 0 saturated heterocycles. The van der Waals surface area contributed by atoms with E-state index in [0.717, 1.165) is 45.0 Å². The molecule has 1 heterocycles. The number of esters is 1. The van der Waals surface area contributed by atoms with Gasteiger partial charge in [0.15, 0.2) is 44.4 Å². The summed E-state index contributed by atoms with van der Waals surface area (Å²) in [4.78, 5) is 58.3. The van der Waals surface area contributed by atoms with E-state index in [0.29, 0.717) is 29.1 Å². The molecule has 0 radical (unpaired) electrons. The molecular weight excluding hydrogens is 1550 g/mol. The zero-order valence-electron chi connectivity index (χ0n) is 58.8. The number of carbonyl (C=O) groups is 4. The fourth-order valence-electron chi connectivity index (χ4n) is 13.1. The van der Waals surface area contributed by atoms with Crippen LogP contribution in [0.2, 0.25) is 0 Å². The van der Waals surface area contributed by atoms with Gasteiger partial charge in [-0.05, 0) is 178 Å². The largest absolute Gasteiger partial charge is 0.748 e. The summed E-state index contributed by atoms with van der Waals surface area (Å²) in [5.41, 5.74) is -0.498. The number of imidazole rings is 1. The highest BCUT2D eigenvalue weighted by Crippen LogP contribution is 2.60. The van der Waals surface area contributed by atoms with Crippen LogP contribution in [0.1, 0.15) is 61.4 Å². The molecule has 14 nitrogen and oxygen atoms in total. The van der Waals surface area contributed by atoms with Crippen molar-refractivity contribution < 1.29 is 91.3 Å². The van der Waals surface area contributed by atoms with E-state index >= 15 is 0 Å². The minimum absolute atomic E-state index is 0.0146. The van der Waals surface area contributed by atoms with E-state index in [1.54, 1.807) is 12.1 Å². The van der Waals surface area contributed by atoms with Crippen molar-refractivity contribution in [3.8, 4) is 11.4 Å². The summed E-state index contributed by atoms with van der Waals surface area (Å²) in [5.74, 6) is -2.03. The zero-order chi connectivity index (χ0) is 76.5. The van der Waals surface area contributed by atoms with Crippen molar-refractivity contribution in [3.63, 3.8) is 0 Å². The van der Waals surface area contributed by atoms with Crippen LogP contribution in [-0.4, -0.2) is 75.8 Å². The van der Waals surface area contributed by atoms with Gasteiger partial charge in [-0.1, -0.05) is 212 Å². The number of fused-ring (bicyclic) bond motifs is 1. The monoisotopic (exact) mass is 1620 g/mol. The van der Waals surface area contributed by atoms with E-state index < -0.39 is 66.9 Å². The second kappa shape index (κ2) is 38.6. The third-order valence-corrected chi connectivity index (χ3v) is 25.9. The summed E-state index contributed by atoms with van der Waals surface area (Å²) in [5, 5.41) is 28.6. The van der Waals surface area contributed by atoms with E-state index in [-0.39, 0.29) is 53.3 Å². The van der Waals surface area contributed by atoms with Crippen molar-refractivity contribution in [3.05, 3.63) is 340 Å². The topological polar surface area (TPSA) is 228 Å². The molecule has 0 amide bonds. The number of hydrogen-bond acceptors (Lipinski definition) is 13. The van der Waals surface area contributed by atoms with Gasteiger partial charge in [0, 0.05) is 5.56 Å². The number of halogens is 4. The van der Waals surface area contributed by atoms with Crippen LogP contribution >= 0.6 is 0 Å². The van der Waals surface area contributed by atoms with Crippen LogP contribution in [0.15, 0.2) is 351 Å². The van der Waals surface area contributed by atoms with E-state index in [2.05, 4.69) is 187 Å². The van der Waals surface area contributed by atoms with Crippen LogP contribution in [0.5, 0.6) is 0 Å². The lowest BCUT2D eigenvalue weighted by Gasteiger charge is -2.55. The van der Waals surface area contributed by atoms with Gasteiger partial charge in [-0.2, -0.15) is 13.2 Å². The van der Waals surface area contributed by atoms with Gasteiger partial charge >= 0.3 is 39.4 Å². The molecule has 16 rings (SSSR count). The van der Waals surface area contributed by atoms with Crippen LogP contribution in [0, 0.1) is 30.3 Å². The van der Waals surface area contributed by atoms with Crippen LogP contribution < -0.4 is 31.4 Å². The first-order valence-corrected chi connectivity index (χ1v) is 40.9. The molecular formula is C87H78F3IN2O12S3. The number of nitrogens with zero attached hydrogens (tertiary/aromatic N) is 2. The normalized spacial score (nSPS) is 16.5. The minimum Gasteiger partial charge on any atom is -0.748 e. The average molecular weight is 1620 g/mol. The van der Waals surface area contributed by atoms with E-state index in [9.17, 15) is 55.5 Å². The van der Waals surface area contributed by atoms with Crippen LogP contribution in [-0.2, 0) is 57.6 Å². The number of carboxylic acids is 2. The highest BCUT2D eigenvalue weighted by Gasteiger charge is 2.56. The molecule has 4 saturated carbocycles. The van der Waals surface area contributed by atoms with Gasteiger partial charge in [0.05, 0.1) is 71.6 Å². The lowest BCUT2D eigenvalue weighted by atomic mass is 9.49. The number of aliphatic carboxylic acids is 1. The Kier molecular flexibility index (Phi) is 28.7. The molecule has 108 heavy (non-hydrogen) atoms. The van der Waals surface area contributed by atoms with E-state index in [4.69, 9.17) is 14.6 Å². The van der Waals surface area contributed by atoms with Crippen LogP contribution in [0.4, 0.5) is 18.0 Å². The van der Waals surface area contributed by atoms with Gasteiger partial charge in [-0.15, -0.1) is 0 Å². The fraction of sp³-hybridized carbons (Fsp3) is 0.184. The number of carbonyl (C=O) groups excluding carboxylic acids is 4. The smallest absolute Gasteiger partial charge is 0.422 e. The predicted molar refractivity (Wildman–Crippen MR) is 403 cm³/mol. The molecule has 4 bridgehead atoms. The standard InChI is InChI=1S/C21H16N2O2.2C18H15S.C13H9IO2.C13H20O5S.C4H5F3O3/c24-21(25-15-16-9-3-1-4-10-16)23-19-14-8-7-13-18(19)22-20(23)17-11-5-2-6-12-17;2*1-4-10-16(11-5-1)19(17-12-6-2-7-13-17)18-14-8-3-9-15-18;15-13(16)11-8-4-5-9-12(11)14-10-6-2-1-3-7-10;14-12(18-1-2-19(15,16)17)13-6-9-3-10(7-13)5-11(4-9)8-13;1-3(10,2(8)9)4(5,6)7/h1-14H,15H2;2*1-15H;1-9H;9-11H,1-8H2,(H,15,16,17);10H,1H3,(H,8,9)/q;2*+1;;;/p-2. The Bertz CT molecular complexity index is 4610. The molecule has 1 atom stereocenters. The molecule has 1 unspecified atom stereocenters. The average Bonchev–Trinajstić information content (AvgIpc) is 0.798.